The smallest absolute Gasteiger partial charge is 0.247 e. The van der Waals surface area contributed by atoms with Gasteiger partial charge >= 0.3 is 0 Å². The van der Waals surface area contributed by atoms with Crippen LogP contribution in [0, 0.1) is 5.82 Å². The van der Waals surface area contributed by atoms with E-state index in [0.717, 1.165) is 28.6 Å². The number of benzene rings is 2. The Balaban J connectivity index is 1.68. The maximum absolute atomic E-state index is 13.1. The van der Waals surface area contributed by atoms with E-state index in [1.807, 2.05) is 0 Å². The number of nitrogens with zero attached hydrogens (tertiary/aromatic N) is 2. The molecule has 1 aliphatic rings. The zero-order chi connectivity index (χ0) is 22.8. The van der Waals surface area contributed by atoms with Gasteiger partial charge in [0.05, 0.1) is 11.4 Å². The summed E-state index contributed by atoms with van der Waals surface area (Å²) < 4.78 is 39.3. The highest BCUT2D eigenvalue weighted by atomic mass is 35.5. The molecule has 7 nitrogen and oxygen atoms in total. The fourth-order valence-electron chi connectivity index (χ4n) is 3.34. The second kappa shape index (κ2) is 9.52. The summed E-state index contributed by atoms with van der Waals surface area (Å²) in [5.74, 6) is -1.48. The van der Waals surface area contributed by atoms with Crippen molar-refractivity contribution in [2.75, 3.05) is 25.5 Å². The molecule has 1 unspecified atom stereocenters. The van der Waals surface area contributed by atoms with Crippen LogP contribution in [0.5, 0.6) is 0 Å². The lowest BCUT2D eigenvalue weighted by atomic mass is 10.2. The van der Waals surface area contributed by atoms with E-state index in [1.165, 1.54) is 30.1 Å². The topological polar surface area (TPSA) is 86.8 Å². The molecule has 1 aliphatic heterocycles. The largest absolute Gasteiger partial charge is 0.330 e. The molecule has 0 aliphatic carbocycles. The maximum Gasteiger partial charge on any atom is 0.247 e. The van der Waals surface area contributed by atoms with Gasteiger partial charge in [0.1, 0.15) is 11.9 Å². The van der Waals surface area contributed by atoms with Crippen LogP contribution in [0.15, 0.2) is 47.4 Å². The predicted octanol–water partition coefficient (Wildman–Crippen LogP) is 3.38. The zero-order valence-electron chi connectivity index (χ0n) is 16.5. The summed E-state index contributed by atoms with van der Waals surface area (Å²) in [6.07, 6.45) is 1.05. The predicted molar refractivity (Wildman–Crippen MR) is 116 cm³/mol. The van der Waals surface area contributed by atoms with Gasteiger partial charge in [-0.15, -0.1) is 0 Å². The van der Waals surface area contributed by atoms with Gasteiger partial charge in [0, 0.05) is 29.3 Å². The number of likely N-dealkylation sites (N-methyl/N-ethyl adjacent to an activating group) is 1. The molecule has 11 heteroatoms. The molecular weight excluding hydrogens is 468 g/mol. The summed E-state index contributed by atoms with van der Waals surface area (Å²) in [5, 5.41) is 3.41. The number of rotatable bonds is 6. The maximum atomic E-state index is 13.1. The van der Waals surface area contributed by atoms with Crippen molar-refractivity contribution in [1.29, 1.82) is 0 Å². The summed E-state index contributed by atoms with van der Waals surface area (Å²) in [6, 6.07) is 8.19. The third-order valence-corrected chi connectivity index (χ3v) is 7.14. The van der Waals surface area contributed by atoms with Crippen molar-refractivity contribution in [3.05, 3.63) is 58.3 Å². The molecule has 1 N–H and O–H groups in total. The van der Waals surface area contributed by atoms with Gasteiger partial charge in [0.2, 0.25) is 21.8 Å². The Morgan fingerprint density at radius 1 is 1.16 bits per heavy atom. The van der Waals surface area contributed by atoms with E-state index >= 15 is 0 Å². The summed E-state index contributed by atoms with van der Waals surface area (Å²) >= 11 is 11.9. The molecular formula is C20H20Cl2FN3O4S. The highest BCUT2D eigenvalue weighted by Gasteiger charge is 2.35. The third-order valence-electron chi connectivity index (χ3n) is 4.89. The van der Waals surface area contributed by atoms with Gasteiger partial charge in [-0.05, 0) is 55.3 Å². The van der Waals surface area contributed by atoms with Crippen LogP contribution in [0.25, 0.3) is 0 Å². The standard InChI is InChI=1S/C20H20Cl2FN3O4S/c1-25(31(29,30)17-6-4-15(23)5-7-17)12-19(27)26-8-2-3-18(26)20(28)24-16-10-13(21)9-14(22)11-16/h4-7,9-11,18H,2-3,8,12H2,1H3,(H,24,28). The Bertz CT molecular complexity index is 1080. The molecule has 0 bridgehead atoms. The minimum atomic E-state index is -3.99. The number of amides is 2. The number of likely N-dealkylation sites (tertiary alicyclic amines) is 1. The molecule has 3 rings (SSSR count). The molecule has 2 amide bonds. The number of nitrogens with one attached hydrogen (secondary N) is 1. The van der Waals surface area contributed by atoms with E-state index in [1.54, 1.807) is 0 Å². The molecule has 2 aromatic rings. The molecule has 166 valence electrons. The second-order valence-corrected chi connectivity index (χ2v) is 10.0. The third kappa shape index (κ3) is 5.54. The summed E-state index contributed by atoms with van der Waals surface area (Å²) in [5.41, 5.74) is 0.401. The second-order valence-electron chi connectivity index (χ2n) is 7.11. The van der Waals surface area contributed by atoms with Crippen molar-refractivity contribution in [1.82, 2.24) is 9.21 Å². The quantitative estimate of drug-likeness (QED) is 0.676. The molecule has 0 spiro atoms. The lowest BCUT2D eigenvalue weighted by Crippen LogP contribution is -2.47. The Morgan fingerprint density at radius 3 is 2.39 bits per heavy atom. The van der Waals surface area contributed by atoms with E-state index in [9.17, 15) is 22.4 Å². The normalized spacial score (nSPS) is 16.5. The van der Waals surface area contributed by atoms with Gasteiger partial charge in [0.25, 0.3) is 0 Å². The molecule has 0 radical (unpaired) electrons. The van der Waals surface area contributed by atoms with Crippen LogP contribution in [0.2, 0.25) is 10.0 Å². The van der Waals surface area contributed by atoms with Crippen LogP contribution in [-0.4, -0.2) is 55.6 Å². The molecule has 1 fully saturated rings. The van der Waals surface area contributed by atoms with Gasteiger partial charge in [-0.1, -0.05) is 23.2 Å². The number of hydrogen-bond acceptors (Lipinski definition) is 4. The Kier molecular flexibility index (Phi) is 7.20. The first-order chi connectivity index (χ1) is 14.6. The van der Waals surface area contributed by atoms with Crippen LogP contribution in [0.4, 0.5) is 10.1 Å². The van der Waals surface area contributed by atoms with Crippen LogP contribution in [0.1, 0.15) is 12.8 Å². The van der Waals surface area contributed by atoms with Crippen molar-refractivity contribution < 1.29 is 22.4 Å². The van der Waals surface area contributed by atoms with Crippen molar-refractivity contribution in [3.8, 4) is 0 Å². The molecule has 2 aromatic carbocycles. The van der Waals surface area contributed by atoms with Crippen molar-refractivity contribution >= 4 is 50.7 Å². The number of sulfonamides is 1. The SMILES string of the molecule is CN(CC(=O)N1CCCC1C(=O)Nc1cc(Cl)cc(Cl)c1)S(=O)(=O)c1ccc(F)cc1. The Morgan fingerprint density at radius 2 is 1.77 bits per heavy atom. The number of carbonyl (C=O) groups is 2. The number of halogens is 3. The van der Waals surface area contributed by atoms with E-state index < -0.39 is 40.2 Å². The van der Waals surface area contributed by atoms with E-state index in [0.29, 0.717) is 35.1 Å². The minimum Gasteiger partial charge on any atom is -0.330 e. The molecule has 31 heavy (non-hydrogen) atoms. The van der Waals surface area contributed by atoms with E-state index in [4.69, 9.17) is 23.2 Å². The first-order valence-corrected chi connectivity index (χ1v) is 11.6. The van der Waals surface area contributed by atoms with Gasteiger partial charge in [-0.3, -0.25) is 9.59 Å². The Hall–Kier alpha value is -2.20. The molecule has 1 atom stereocenters. The van der Waals surface area contributed by atoms with Crippen LogP contribution in [0.3, 0.4) is 0 Å². The van der Waals surface area contributed by atoms with Gasteiger partial charge in [-0.2, -0.15) is 4.31 Å². The van der Waals surface area contributed by atoms with Gasteiger partial charge in [0.15, 0.2) is 0 Å². The fraction of sp³-hybridized carbons (Fsp3) is 0.300. The van der Waals surface area contributed by atoms with Crippen molar-refractivity contribution in [2.24, 2.45) is 0 Å². The molecule has 0 saturated carbocycles. The Labute approximate surface area is 189 Å². The fourth-order valence-corrected chi connectivity index (χ4v) is 4.99. The monoisotopic (exact) mass is 487 g/mol. The summed E-state index contributed by atoms with van der Waals surface area (Å²) in [7, 11) is -2.73. The van der Waals surface area contributed by atoms with Crippen molar-refractivity contribution in [2.45, 2.75) is 23.8 Å². The highest BCUT2D eigenvalue weighted by Crippen LogP contribution is 2.25. The summed E-state index contributed by atoms with van der Waals surface area (Å²) in [4.78, 5) is 26.8. The van der Waals surface area contributed by atoms with Crippen LogP contribution >= 0.6 is 23.2 Å². The summed E-state index contributed by atoms with van der Waals surface area (Å²) in [6.45, 7) is -0.121. The van der Waals surface area contributed by atoms with Crippen molar-refractivity contribution in [3.63, 3.8) is 0 Å². The van der Waals surface area contributed by atoms with E-state index in [-0.39, 0.29) is 4.90 Å². The van der Waals surface area contributed by atoms with Gasteiger partial charge < -0.3 is 10.2 Å². The first kappa shape index (κ1) is 23.5. The number of carbonyl (C=O) groups excluding carboxylic acids is 2. The van der Waals surface area contributed by atoms with E-state index in [2.05, 4.69) is 5.32 Å². The number of hydrogen-bond donors (Lipinski definition) is 1. The average molecular weight is 488 g/mol. The highest BCUT2D eigenvalue weighted by molar-refractivity contribution is 7.89. The van der Waals surface area contributed by atoms with Gasteiger partial charge in [-0.25, -0.2) is 12.8 Å². The lowest BCUT2D eigenvalue weighted by molar-refractivity contribution is -0.136. The molecule has 0 aromatic heterocycles. The minimum absolute atomic E-state index is 0.127. The molecule has 1 heterocycles. The average Bonchev–Trinajstić information content (AvgIpc) is 3.17. The molecule has 1 saturated heterocycles. The van der Waals surface area contributed by atoms with Crippen LogP contribution in [-0.2, 0) is 19.6 Å². The van der Waals surface area contributed by atoms with Crippen LogP contribution < -0.4 is 5.32 Å². The zero-order valence-corrected chi connectivity index (χ0v) is 18.8. The lowest BCUT2D eigenvalue weighted by Gasteiger charge is -2.26. The first-order valence-electron chi connectivity index (χ1n) is 9.36. The number of anilines is 1.